The Labute approximate surface area is 195 Å². The zero-order chi connectivity index (χ0) is 22.8. The molecule has 2 aromatic heterocycles. The van der Waals surface area contributed by atoms with Gasteiger partial charge in [-0.2, -0.15) is 5.10 Å². The van der Waals surface area contributed by atoms with E-state index in [2.05, 4.69) is 39.1 Å². The van der Waals surface area contributed by atoms with Crippen LogP contribution in [0.2, 0.25) is 0 Å². The van der Waals surface area contributed by atoms with Crippen LogP contribution in [0, 0.1) is 5.92 Å². The lowest BCUT2D eigenvalue weighted by Crippen LogP contribution is -2.55. The number of rotatable bonds is 8. The number of ether oxygens (including phenoxy) is 2. The van der Waals surface area contributed by atoms with Crippen LogP contribution in [0.1, 0.15) is 30.1 Å². The molecule has 6 rings (SSSR count). The van der Waals surface area contributed by atoms with Crippen LogP contribution in [0.3, 0.4) is 0 Å². The molecule has 33 heavy (non-hydrogen) atoms. The maximum Gasteiger partial charge on any atom is 0.161 e. The van der Waals surface area contributed by atoms with Crippen LogP contribution < -0.4 is 14.8 Å². The highest BCUT2D eigenvalue weighted by atomic mass is 16.5. The minimum atomic E-state index is 0.525. The van der Waals surface area contributed by atoms with E-state index in [0.29, 0.717) is 17.9 Å². The highest BCUT2D eigenvalue weighted by Crippen LogP contribution is 2.42. The van der Waals surface area contributed by atoms with E-state index in [1.165, 1.54) is 25.1 Å². The van der Waals surface area contributed by atoms with Gasteiger partial charge in [0.2, 0.25) is 0 Å². The standard InChI is InChI=1S/C26H33N5O2/c1-30-24(14-23(29-30)19-7-8-25(32-2)26(13-19)33-3)22-17-31-11-9-18(22)12-21(31)16-27-15-20-6-4-5-10-28-20/h4-8,10,13-14,18,21-22,27H,9,11-12,15-17H2,1-3H3/t18-,21+,22-/m0/s1. The first-order chi connectivity index (χ1) is 16.2. The summed E-state index contributed by atoms with van der Waals surface area (Å²) in [6.07, 6.45) is 4.35. The number of benzene rings is 1. The van der Waals surface area contributed by atoms with Crippen LogP contribution in [-0.2, 0) is 13.6 Å². The predicted molar refractivity (Wildman–Crippen MR) is 129 cm³/mol. The van der Waals surface area contributed by atoms with Gasteiger partial charge in [-0.25, -0.2) is 0 Å². The molecule has 0 amide bonds. The highest BCUT2D eigenvalue weighted by molar-refractivity contribution is 5.64. The van der Waals surface area contributed by atoms with Crippen LogP contribution in [0.25, 0.3) is 11.3 Å². The summed E-state index contributed by atoms with van der Waals surface area (Å²) in [6, 6.07) is 14.9. The van der Waals surface area contributed by atoms with E-state index in [1.54, 1.807) is 14.2 Å². The zero-order valence-electron chi connectivity index (χ0n) is 19.7. The second-order valence-electron chi connectivity index (χ2n) is 9.14. The maximum absolute atomic E-state index is 5.49. The van der Waals surface area contributed by atoms with E-state index in [9.17, 15) is 0 Å². The van der Waals surface area contributed by atoms with E-state index in [0.717, 1.165) is 48.1 Å². The van der Waals surface area contributed by atoms with Crippen LogP contribution in [0.5, 0.6) is 11.5 Å². The Morgan fingerprint density at radius 3 is 2.70 bits per heavy atom. The largest absolute Gasteiger partial charge is 0.493 e. The maximum atomic E-state index is 5.49. The van der Waals surface area contributed by atoms with Crippen molar-refractivity contribution in [3.8, 4) is 22.8 Å². The van der Waals surface area contributed by atoms with Crippen molar-refractivity contribution in [3.63, 3.8) is 0 Å². The number of pyridine rings is 1. The zero-order valence-corrected chi connectivity index (χ0v) is 19.7. The summed E-state index contributed by atoms with van der Waals surface area (Å²) in [5, 5.41) is 8.48. The molecule has 5 heterocycles. The lowest BCUT2D eigenvalue weighted by atomic mass is 9.74. The molecule has 4 atom stereocenters. The normalized spacial score (nSPS) is 24.1. The third-order valence-corrected chi connectivity index (χ3v) is 7.27. The summed E-state index contributed by atoms with van der Waals surface area (Å²) in [5.41, 5.74) is 4.46. The van der Waals surface area contributed by atoms with Crippen molar-refractivity contribution in [1.29, 1.82) is 0 Å². The fourth-order valence-electron chi connectivity index (χ4n) is 5.52. The molecular weight excluding hydrogens is 414 g/mol. The van der Waals surface area contributed by atoms with Gasteiger partial charge in [0.25, 0.3) is 0 Å². The number of hydrogen-bond acceptors (Lipinski definition) is 6. The Morgan fingerprint density at radius 2 is 1.97 bits per heavy atom. The van der Waals surface area contributed by atoms with E-state index >= 15 is 0 Å². The minimum Gasteiger partial charge on any atom is -0.493 e. The van der Waals surface area contributed by atoms with Crippen molar-refractivity contribution in [2.45, 2.75) is 31.3 Å². The van der Waals surface area contributed by atoms with Gasteiger partial charge in [0, 0.05) is 56.1 Å². The molecule has 0 saturated carbocycles. The number of piperidine rings is 3. The van der Waals surface area contributed by atoms with E-state index in [1.807, 2.05) is 36.5 Å². The fraction of sp³-hybridized carbons (Fsp3) is 0.462. The van der Waals surface area contributed by atoms with Gasteiger partial charge in [-0.1, -0.05) is 6.07 Å². The molecule has 3 aliphatic heterocycles. The topological polar surface area (TPSA) is 64.4 Å². The number of aryl methyl sites for hydroxylation is 1. The molecule has 0 aliphatic carbocycles. The number of nitrogens with zero attached hydrogens (tertiary/aromatic N) is 4. The number of fused-ring (bicyclic) bond motifs is 3. The number of methoxy groups -OCH3 is 2. The Hall–Kier alpha value is -2.90. The number of aromatic nitrogens is 3. The van der Waals surface area contributed by atoms with Gasteiger partial charge < -0.3 is 14.8 Å². The lowest BCUT2D eigenvalue weighted by molar-refractivity contribution is 0.0281. The molecule has 1 unspecified atom stereocenters. The average Bonchev–Trinajstić information content (AvgIpc) is 3.26. The monoisotopic (exact) mass is 447 g/mol. The molecule has 3 aromatic rings. The molecule has 1 N–H and O–H groups in total. The molecule has 3 saturated heterocycles. The summed E-state index contributed by atoms with van der Waals surface area (Å²) in [4.78, 5) is 7.08. The summed E-state index contributed by atoms with van der Waals surface area (Å²) in [5.74, 6) is 2.69. The Balaban J connectivity index is 1.26. The quantitative estimate of drug-likeness (QED) is 0.571. The molecule has 0 spiro atoms. The van der Waals surface area contributed by atoms with E-state index in [-0.39, 0.29) is 0 Å². The van der Waals surface area contributed by atoms with Gasteiger partial charge in [0.15, 0.2) is 11.5 Å². The molecule has 7 nitrogen and oxygen atoms in total. The highest BCUT2D eigenvalue weighted by Gasteiger charge is 2.41. The van der Waals surface area contributed by atoms with Gasteiger partial charge in [-0.3, -0.25) is 14.6 Å². The second kappa shape index (κ2) is 9.53. The van der Waals surface area contributed by atoms with Crippen LogP contribution in [-0.4, -0.2) is 59.6 Å². The van der Waals surface area contributed by atoms with Crippen molar-refractivity contribution in [2.75, 3.05) is 33.9 Å². The number of nitrogens with one attached hydrogen (secondary N) is 1. The van der Waals surface area contributed by atoms with Crippen molar-refractivity contribution < 1.29 is 9.47 Å². The fourth-order valence-corrected chi connectivity index (χ4v) is 5.52. The Bertz CT molecular complexity index is 1080. The molecule has 3 aliphatic rings. The van der Waals surface area contributed by atoms with Crippen LogP contribution in [0.4, 0.5) is 0 Å². The van der Waals surface area contributed by atoms with Gasteiger partial charge in [0.05, 0.1) is 25.6 Å². The molecule has 0 radical (unpaired) electrons. The Kier molecular flexibility index (Phi) is 6.33. The van der Waals surface area contributed by atoms with Crippen molar-refractivity contribution in [2.24, 2.45) is 13.0 Å². The average molecular weight is 448 g/mol. The third-order valence-electron chi connectivity index (χ3n) is 7.27. The molecule has 1 aromatic carbocycles. The van der Waals surface area contributed by atoms with Gasteiger partial charge >= 0.3 is 0 Å². The Morgan fingerprint density at radius 1 is 1.09 bits per heavy atom. The van der Waals surface area contributed by atoms with Crippen molar-refractivity contribution in [1.82, 2.24) is 25.0 Å². The van der Waals surface area contributed by atoms with Crippen molar-refractivity contribution in [3.05, 3.63) is 60.0 Å². The number of hydrogen-bond donors (Lipinski definition) is 1. The first kappa shape index (κ1) is 21.9. The van der Waals surface area contributed by atoms with E-state index in [4.69, 9.17) is 14.6 Å². The first-order valence-electron chi connectivity index (χ1n) is 11.8. The molecule has 174 valence electrons. The molecule has 7 heteroatoms. The lowest BCUT2D eigenvalue weighted by Gasteiger charge is -2.50. The SMILES string of the molecule is COc1ccc(-c2cc([C@H]3CN4CC[C@H]3C[C@@H]4CNCc3ccccn3)n(C)n2)cc1OC. The summed E-state index contributed by atoms with van der Waals surface area (Å²) < 4.78 is 12.9. The van der Waals surface area contributed by atoms with E-state index < -0.39 is 0 Å². The van der Waals surface area contributed by atoms with Gasteiger partial charge in [-0.15, -0.1) is 0 Å². The van der Waals surface area contributed by atoms with Gasteiger partial charge in [-0.05, 0) is 61.7 Å². The van der Waals surface area contributed by atoms with Crippen LogP contribution in [0.15, 0.2) is 48.7 Å². The third kappa shape index (κ3) is 4.48. The predicted octanol–water partition coefficient (Wildman–Crippen LogP) is 3.47. The van der Waals surface area contributed by atoms with Gasteiger partial charge in [0.1, 0.15) is 0 Å². The van der Waals surface area contributed by atoms with Crippen molar-refractivity contribution >= 4 is 0 Å². The van der Waals surface area contributed by atoms with Crippen LogP contribution >= 0.6 is 0 Å². The summed E-state index contributed by atoms with van der Waals surface area (Å²) in [7, 11) is 5.40. The summed E-state index contributed by atoms with van der Waals surface area (Å²) in [6.45, 7) is 4.14. The first-order valence-corrected chi connectivity index (χ1v) is 11.8. The summed E-state index contributed by atoms with van der Waals surface area (Å²) >= 11 is 0. The molecular formula is C26H33N5O2. The molecule has 3 fully saturated rings. The minimum absolute atomic E-state index is 0.525. The molecule has 2 bridgehead atoms. The smallest absolute Gasteiger partial charge is 0.161 e. The second-order valence-corrected chi connectivity index (χ2v) is 9.14.